The van der Waals surface area contributed by atoms with Crippen molar-refractivity contribution in [1.29, 1.82) is 0 Å². The van der Waals surface area contributed by atoms with Gasteiger partial charge < -0.3 is 20.4 Å². The van der Waals surface area contributed by atoms with Gasteiger partial charge in [-0.2, -0.15) is 5.10 Å². The van der Waals surface area contributed by atoms with Crippen LogP contribution in [0.25, 0.3) is 0 Å². The van der Waals surface area contributed by atoms with Gasteiger partial charge in [-0.3, -0.25) is 9.59 Å². The first kappa shape index (κ1) is 18.3. The molecule has 26 heavy (non-hydrogen) atoms. The number of nitrogens with zero attached hydrogens (tertiary/aromatic N) is 3. The summed E-state index contributed by atoms with van der Waals surface area (Å²) in [7, 11) is 0. The summed E-state index contributed by atoms with van der Waals surface area (Å²) in [6.45, 7) is 6.35. The predicted molar refractivity (Wildman–Crippen MR) is 99.8 cm³/mol. The zero-order chi connectivity index (χ0) is 18.7. The van der Waals surface area contributed by atoms with Gasteiger partial charge >= 0.3 is 0 Å². The number of morpholine rings is 1. The van der Waals surface area contributed by atoms with Crippen LogP contribution in [0.1, 0.15) is 23.2 Å². The summed E-state index contributed by atoms with van der Waals surface area (Å²) in [4.78, 5) is 29.7. The summed E-state index contributed by atoms with van der Waals surface area (Å²) >= 11 is 0. The number of anilines is 1. The molecule has 2 aromatic rings. The fraction of sp³-hybridized carbons (Fsp3) is 0.500. The second kappa shape index (κ2) is 7.84. The smallest absolute Gasteiger partial charge is 0.269 e. The molecule has 0 unspecified atom stereocenters. The quantitative estimate of drug-likeness (QED) is 0.787. The SMILES string of the molecule is Cc1c[nH]c(Cn2ncc(N3CCO[C@H](CCN)C3)cc2=O)c(C)c1=O. The largest absolute Gasteiger partial charge is 0.374 e. The standard InChI is InChI=1S/C18H25N5O3/c1-12-8-20-16(13(2)18(12)25)11-23-17(24)7-14(9-21-23)22-5-6-26-15(10-22)3-4-19/h7-9,15H,3-6,10-11,19H2,1-2H3,(H,20,25)/t15-/m1/s1. The number of aromatic amines is 1. The van der Waals surface area contributed by atoms with E-state index in [4.69, 9.17) is 10.5 Å². The van der Waals surface area contributed by atoms with Gasteiger partial charge in [-0.1, -0.05) is 0 Å². The van der Waals surface area contributed by atoms with Gasteiger partial charge in [-0.25, -0.2) is 4.68 Å². The third-order valence-corrected chi connectivity index (χ3v) is 4.77. The maximum absolute atomic E-state index is 12.5. The highest BCUT2D eigenvalue weighted by atomic mass is 16.5. The van der Waals surface area contributed by atoms with Crippen LogP contribution < -0.4 is 21.6 Å². The van der Waals surface area contributed by atoms with Crippen molar-refractivity contribution in [2.24, 2.45) is 5.73 Å². The van der Waals surface area contributed by atoms with E-state index in [0.29, 0.717) is 36.5 Å². The van der Waals surface area contributed by atoms with Crippen molar-refractivity contribution in [2.45, 2.75) is 32.9 Å². The van der Waals surface area contributed by atoms with Crippen LogP contribution in [-0.4, -0.2) is 47.1 Å². The molecule has 0 aromatic carbocycles. The fourth-order valence-electron chi connectivity index (χ4n) is 3.15. The van der Waals surface area contributed by atoms with Crippen LogP contribution in [-0.2, 0) is 11.3 Å². The number of hydrogen-bond acceptors (Lipinski definition) is 6. The Balaban J connectivity index is 1.79. The van der Waals surface area contributed by atoms with Crippen LogP contribution in [0.5, 0.6) is 0 Å². The molecule has 3 heterocycles. The summed E-state index contributed by atoms with van der Waals surface area (Å²) in [6, 6.07) is 1.58. The molecule has 2 aromatic heterocycles. The second-order valence-electron chi connectivity index (χ2n) is 6.63. The van der Waals surface area contributed by atoms with Crippen LogP contribution in [0.3, 0.4) is 0 Å². The lowest BCUT2D eigenvalue weighted by atomic mass is 10.1. The number of rotatable bonds is 5. The zero-order valence-electron chi connectivity index (χ0n) is 15.2. The minimum Gasteiger partial charge on any atom is -0.374 e. The first-order valence-corrected chi connectivity index (χ1v) is 8.81. The summed E-state index contributed by atoms with van der Waals surface area (Å²) in [5, 5.41) is 4.29. The van der Waals surface area contributed by atoms with E-state index in [1.807, 2.05) is 0 Å². The molecule has 3 rings (SSSR count). The molecule has 0 spiro atoms. The van der Waals surface area contributed by atoms with Crippen molar-refractivity contribution in [3.05, 3.63) is 55.9 Å². The number of nitrogens with one attached hydrogen (secondary N) is 1. The molecule has 0 bridgehead atoms. The summed E-state index contributed by atoms with van der Waals surface area (Å²) in [5.41, 5.74) is 8.13. The van der Waals surface area contributed by atoms with Gasteiger partial charge in [0.25, 0.3) is 5.56 Å². The monoisotopic (exact) mass is 359 g/mol. The van der Waals surface area contributed by atoms with E-state index in [2.05, 4.69) is 15.0 Å². The van der Waals surface area contributed by atoms with E-state index < -0.39 is 0 Å². The Morgan fingerprint density at radius 2 is 2.19 bits per heavy atom. The van der Waals surface area contributed by atoms with E-state index in [0.717, 1.165) is 18.7 Å². The third kappa shape index (κ3) is 3.86. The minimum atomic E-state index is -0.204. The number of hydrogen-bond donors (Lipinski definition) is 2. The molecule has 0 radical (unpaired) electrons. The molecule has 3 N–H and O–H groups in total. The van der Waals surface area contributed by atoms with Gasteiger partial charge in [0.1, 0.15) is 0 Å². The predicted octanol–water partition coefficient (Wildman–Crippen LogP) is 0.151. The molecule has 1 fully saturated rings. The Morgan fingerprint density at radius 3 is 2.92 bits per heavy atom. The number of nitrogens with two attached hydrogens (primary N) is 1. The van der Waals surface area contributed by atoms with Gasteiger partial charge in [0.2, 0.25) is 0 Å². The molecular formula is C18H25N5O3. The highest BCUT2D eigenvalue weighted by Crippen LogP contribution is 2.16. The Labute approximate surface area is 151 Å². The van der Waals surface area contributed by atoms with Gasteiger partial charge in [0, 0.05) is 42.2 Å². The minimum absolute atomic E-state index is 0.0114. The Hall–Kier alpha value is -2.45. The van der Waals surface area contributed by atoms with Gasteiger partial charge in [0.15, 0.2) is 5.43 Å². The van der Waals surface area contributed by atoms with Gasteiger partial charge in [-0.05, 0) is 26.8 Å². The molecule has 0 saturated carbocycles. The van der Waals surface area contributed by atoms with Crippen LogP contribution in [0.15, 0.2) is 28.0 Å². The number of ether oxygens (including phenoxy) is 1. The molecule has 8 heteroatoms. The Kier molecular flexibility index (Phi) is 5.53. The normalized spacial score (nSPS) is 17.5. The van der Waals surface area contributed by atoms with Crippen molar-refractivity contribution in [3.8, 4) is 0 Å². The molecule has 1 aliphatic heterocycles. The molecule has 1 aliphatic rings. The first-order valence-electron chi connectivity index (χ1n) is 8.81. The van der Waals surface area contributed by atoms with Crippen LogP contribution in [0, 0.1) is 13.8 Å². The van der Waals surface area contributed by atoms with Gasteiger partial charge in [0.05, 0.1) is 31.1 Å². The molecular weight excluding hydrogens is 334 g/mol. The first-order chi connectivity index (χ1) is 12.5. The summed E-state index contributed by atoms with van der Waals surface area (Å²) < 4.78 is 7.03. The van der Waals surface area contributed by atoms with E-state index >= 15 is 0 Å². The molecule has 1 saturated heterocycles. The second-order valence-corrected chi connectivity index (χ2v) is 6.63. The Morgan fingerprint density at radius 1 is 1.38 bits per heavy atom. The van der Waals surface area contributed by atoms with Crippen LogP contribution in [0.4, 0.5) is 5.69 Å². The third-order valence-electron chi connectivity index (χ3n) is 4.77. The lowest BCUT2D eigenvalue weighted by Crippen LogP contribution is -2.44. The number of aryl methyl sites for hydroxylation is 1. The average Bonchev–Trinajstić information content (AvgIpc) is 2.64. The summed E-state index contributed by atoms with van der Waals surface area (Å²) in [6.07, 6.45) is 4.22. The molecule has 8 nitrogen and oxygen atoms in total. The van der Waals surface area contributed by atoms with E-state index in [-0.39, 0.29) is 23.6 Å². The van der Waals surface area contributed by atoms with Crippen molar-refractivity contribution < 1.29 is 4.74 Å². The number of aromatic nitrogens is 3. The number of pyridine rings is 1. The lowest BCUT2D eigenvalue weighted by molar-refractivity contribution is 0.0368. The van der Waals surface area contributed by atoms with Crippen molar-refractivity contribution in [3.63, 3.8) is 0 Å². The zero-order valence-corrected chi connectivity index (χ0v) is 15.2. The van der Waals surface area contributed by atoms with E-state index in [1.165, 1.54) is 4.68 Å². The van der Waals surface area contributed by atoms with E-state index in [1.54, 1.807) is 32.3 Å². The molecule has 0 amide bonds. The van der Waals surface area contributed by atoms with Gasteiger partial charge in [-0.15, -0.1) is 0 Å². The fourth-order valence-corrected chi connectivity index (χ4v) is 3.15. The van der Waals surface area contributed by atoms with Crippen LogP contribution in [0.2, 0.25) is 0 Å². The maximum Gasteiger partial charge on any atom is 0.269 e. The lowest BCUT2D eigenvalue weighted by Gasteiger charge is -2.34. The van der Waals surface area contributed by atoms with Crippen molar-refractivity contribution in [2.75, 3.05) is 31.1 Å². The topological polar surface area (TPSA) is 106 Å². The molecule has 1 atom stereocenters. The summed E-state index contributed by atoms with van der Waals surface area (Å²) in [5.74, 6) is 0. The molecule has 140 valence electrons. The highest BCUT2D eigenvalue weighted by molar-refractivity contribution is 5.43. The Bertz CT molecular complexity index is 887. The van der Waals surface area contributed by atoms with Crippen molar-refractivity contribution in [1.82, 2.24) is 14.8 Å². The number of H-pyrrole nitrogens is 1. The average molecular weight is 359 g/mol. The molecule has 0 aliphatic carbocycles. The maximum atomic E-state index is 12.5. The van der Waals surface area contributed by atoms with E-state index in [9.17, 15) is 9.59 Å². The van der Waals surface area contributed by atoms with Crippen LogP contribution >= 0.6 is 0 Å². The van der Waals surface area contributed by atoms with Crippen molar-refractivity contribution >= 4 is 5.69 Å². The highest BCUT2D eigenvalue weighted by Gasteiger charge is 2.21.